The number of ether oxygens (including phenoxy) is 1. The van der Waals surface area contributed by atoms with Gasteiger partial charge in [-0.15, -0.1) is 0 Å². The molecular weight excluding hydrogens is 453 g/mol. The van der Waals surface area contributed by atoms with Gasteiger partial charge in [-0.3, -0.25) is 9.69 Å². The molecule has 0 atom stereocenters. The Kier molecular flexibility index (Phi) is 6.20. The number of alkyl halides is 3. The van der Waals surface area contributed by atoms with Gasteiger partial charge < -0.3 is 14.5 Å². The molecule has 0 bridgehead atoms. The van der Waals surface area contributed by atoms with Crippen LogP contribution in [0.3, 0.4) is 0 Å². The highest BCUT2D eigenvalue weighted by Crippen LogP contribution is 2.40. The summed E-state index contributed by atoms with van der Waals surface area (Å²) in [6, 6.07) is 4.00. The lowest BCUT2D eigenvalue weighted by atomic mass is 9.98. The third kappa shape index (κ3) is 4.42. The van der Waals surface area contributed by atoms with Crippen molar-refractivity contribution in [1.82, 2.24) is 9.88 Å². The molecule has 0 saturated carbocycles. The van der Waals surface area contributed by atoms with Crippen LogP contribution in [-0.4, -0.2) is 53.8 Å². The van der Waals surface area contributed by atoms with Crippen molar-refractivity contribution < 1.29 is 32.3 Å². The van der Waals surface area contributed by atoms with E-state index in [1.807, 2.05) is 0 Å². The van der Waals surface area contributed by atoms with E-state index >= 15 is 0 Å². The highest BCUT2D eigenvalue weighted by molar-refractivity contribution is 5.99. The molecular formula is C23H23F3N4O4. The number of aryl methyl sites for hydroxylation is 2. The van der Waals surface area contributed by atoms with Crippen LogP contribution in [0.15, 0.2) is 29.6 Å². The average molecular weight is 476 g/mol. The van der Waals surface area contributed by atoms with E-state index in [1.165, 1.54) is 17.2 Å². The van der Waals surface area contributed by atoms with E-state index in [0.717, 1.165) is 6.07 Å². The lowest BCUT2D eigenvalue weighted by molar-refractivity contribution is -0.138. The van der Waals surface area contributed by atoms with Gasteiger partial charge in [0.05, 0.1) is 24.3 Å². The molecule has 8 nitrogen and oxygen atoms in total. The molecule has 11 heteroatoms. The van der Waals surface area contributed by atoms with Crippen molar-refractivity contribution in [3.8, 4) is 5.75 Å². The van der Waals surface area contributed by atoms with E-state index in [1.54, 1.807) is 31.7 Å². The Labute approximate surface area is 193 Å². The molecule has 1 aromatic carbocycles. The third-order valence-electron chi connectivity index (χ3n) is 5.74. The Balaban J connectivity index is 1.50. The maximum atomic E-state index is 13.5. The fraction of sp³-hybridized carbons (Fsp3) is 0.391. The number of esters is 1. The summed E-state index contributed by atoms with van der Waals surface area (Å²) in [7, 11) is 0. The number of hydrogen-bond acceptors (Lipinski definition) is 7. The number of pyridine rings is 1. The van der Waals surface area contributed by atoms with Crippen molar-refractivity contribution in [3.63, 3.8) is 0 Å². The van der Waals surface area contributed by atoms with Crippen LogP contribution >= 0.6 is 0 Å². The zero-order valence-electron chi connectivity index (χ0n) is 18.9. The summed E-state index contributed by atoms with van der Waals surface area (Å²) < 4.78 is 45.6. The van der Waals surface area contributed by atoms with Crippen LogP contribution in [0.4, 0.5) is 19.0 Å². The summed E-state index contributed by atoms with van der Waals surface area (Å²) in [5.74, 6) is -0.00628. The third-order valence-corrected chi connectivity index (χ3v) is 5.74. The number of carbonyl (C=O) groups is 2. The van der Waals surface area contributed by atoms with Gasteiger partial charge in [0, 0.05) is 31.3 Å². The van der Waals surface area contributed by atoms with Crippen molar-refractivity contribution in [2.45, 2.75) is 33.4 Å². The number of amides is 1. The van der Waals surface area contributed by atoms with Crippen LogP contribution in [0.1, 0.15) is 39.5 Å². The molecule has 1 fully saturated rings. The molecule has 1 amide bonds. The standard InChI is InChI=1S/C23H23F3N4O4/c1-4-33-22(32)15-9-14(3)21(27-11-15)30-8-7-29(12-19(30)31)18-10-16-17(23(24,25)26)6-5-13(2)20(16)34-28-18/h5-6,9,11H,4,7-8,10,12H2,1-3H3. The first-order valence-electron chi connectivity index (χ1n) is 10.7. The molecule has 1 saturated heterocycles. The predicted molar refractivity (Wildman–Crippen MR) is 117 cm³/mol. The van der Waals surface area contributed by atoms with Crippen molar-refractivity contribution >= 4 is 23.5 Å². The van der Waals surface area contributed by atoms with Gasteiger partial charge in [0.25, 0.3) is 0 Å². The zero-order chi connectivity index (χ0) is 24.6. The number of carbonyl (C=O) groups excluding carboxylic acids is 2. The van der Waals surface area contributed by atoms with Gasteiger partial charge in [0.1, 0.15) is 11.7 Å². The minimum atomic E-state index is -4.53. The molecule has 34 heavy (non-hydrogen) atoms. The summed E-state index contributed by atoms with van der Waals surface area (Å²) in [5.41, 5.74) is 0.716. The molecule has 0 radical (unpaired) electrons. The number of benzene rings is 1. The molecule has 4 rings (SSSR count). The molecule has 1 aromatic heterocycles. The van der Waals surface area contributed by atoms with Crippen molar-refractivity contribution in [1.29, 1.82) is 0 Å². The largest absolute Gasteiger partial charge is 0.462 e. The van der Waals surface area contributed by atoms with Gasteiger partial charge in [-0.05, 0) is 44.0 Å². The van der Waals surface area contributed by atoms with E-state index in [2.05, 4.69) is 10.1 Å². The minimum Gasteiger partial charge on any atom is -0.462 e. The second-order valence-corrected chi connectivity index (χ2v) is 8.06. The highest BCUT2D eigenvalue weighted by Gasteiger charge is 2.38. The molecule has 180 valence electrons. The summed E-state index contributed by atoms with van der Waals surface area (Å²) in [4.78, 5) is 37.6. The number of hydrogen-bond donors (Lipinski definition) is 0. The summed E-state index contributed by atoms with van der Waals surface area (Å²) in [6.45, 7) is 5.82. The Morgan fingerprint density at radius 1 is 1.21 bits per heavy atom. The fourth-order valence-electron chi connectivity index (χ4n) is 4.06. The van der Waals surface area contributed by atoms with Crippen LogP contribution in [0.2, 0.25) is 0 Å². The lowest BCUT2D eigenvalue weighted by Gasteiger charge is -2.36. The maximum absolute atomic E-state index is 13.5. The first-order valence-corrected chi connectivity index (χ1v) is 10.7. The second kappa shape index (κ2) is 8.96. The van der Waals surface area contributed by atoms with Gasteiger partial charge in [0.15, 0.2) is 5.75 Å². The van der Waals surface area contributed by atoms with Crippen LogP contribution in [0, 0.1) is 13.8 Å². The van der Waals surface area contributed by atoms with Gasteiger partial charge >= 0.3 is 12.1 Å². The first kappa shape index (κ1) is 23.5. The van der Waals surface area contributed by atoms with Crippen molar-refractivity contribution in [3.05, 3.63) is 52.2 Å². The Morgan fingerprint density at radius 3 is 2.62 bits per heavy atom. The zero-order valence-corrected chi connectivity index (χ0v) is 18.9. The molecule has 2 aliphatic heterocycles. The quantitative estimate of drug-likeness (QED) is 0.631. The number of fused-ring (bicyclic) bond motifs is 1. The number of aromatic nitrogens is 1. The van der Waals surface area contributed by atoms with Crippen molar-refractivity contribution in [2.75, 3.05) is 31.1 Å². The Morgan fingerprint density at radius 2 is 1.97 bits per heavy atom. The molecule has 0 N–H and O–H groups in total. The average Bonchev–Trinajstić information content (AvgIpc) is 2.78. The van der Waals surface area contributed by atoms with Gasteiger partial charge in [-0.25, -0.2) is 9.78 Å². The van der Waals surface area contributed by atoms with Gasteiger partial charge in [-0.1, -0.05) is 11.2 Å². The molecule has 2 aliphatic rings. The van der Waals surface area contributed by atoms with Crippen LogP contribution in [-0.2, 0) is 22.1 Å². The monoisotopic (exact) mass is 476 g/mol. The number of halogens is 3. The Hall–Kier alpha value is -3.63. The molecule has 0 spiro atoms. The number of amidine groups is 1. The maximum Gasteiger partial charge on any atom is 0.416 e. The Bertz CT molecular complexity index is 1180. The number of nitrogens with zero attached hydrogens (tertiary/aromatic N) is 4. The predicted octanol–water partition coefficient (Wildman–Crippen LogP) is 3.49. The second-order valence-electron chi connectivity index (χ2n) is 8.06. The first-order chi connectivity index (χ1) is 16.1. The lowest BCUT2D eigenvalue weighted by Crippen LogP contribution is -2.53. The normalized spacial score (nSPS) is 16.1. The van der Waals surface area contributed by atoms with E-state index in [4.69, 9.17) is 9.57 Å². The molecule has 0 unspecified atom stereocenters. The van der Waals surface area contributed by atoms with Gasteiger partial charge in [0.2, 0.25) is 5.91 Å². The van der Waals surface area contributed by atoms with E-state index in [0.29, 0.717) is 23.5 Å². The molecule has 0 aliphatic carbocycles. The van der Waals surface area contributed by atoms with E-state index < -0.39 is 17.7 Å². The fourth-order valence-corrected chi connectivity index (χ4v) is 4.06. The van der Waals surface area contributed by atoms with Crippen LogP contribution in [0.5, 0.6) is 5.75 Å². The summed E-state index contributed by atoms with van der Waals surface area (Å²) >= 11 is 0. The van der Waals surface area contributed by atoms with Crippen LogP contribution in [0.25, 0.3) is 0 Å². The van der Waals surface area contributed by atoms with Crippen LogP contribution < -0.4 is 9.74 Å². The summed E-state index contributed by atoms with van der Waals surface area (Å²) in [6.07, 6.45) is -3.27. The summed E-state index contributed by atoms with van der Waals surface area (Å²) in [5, 5.41) is 4.01. The highest BCUT2D eigenvalue weighted by atomic mass is 19.4. The number of rotatable bonds is 3. The van der Waals surface area contributed by atoms with E-state index in [9.17, 15) is 22.8 Å². The van der Waals surface area contributed by atoms with Crippen molar-refractivity contribution in [2.24, 2.45) is 5.16 Å². The number of piperazine rings is 1. The topological polar surface area (TPSA) is 84.3 Å². The number of oxime groups is 1. The van der Waals surface area contributed by atoms with E-state index in [-0.39, 0.29) is 54.7 Å². The SMILES string of the molecule is CCOC(=O)c1cnc(N2CCN(C3=NOc4c(C)ccc(C(F)(F)F)c4C3)CC2=O)c(C)c1. The van der Waals surface area contributed by atoms with Gasteiger partial charge in [-0.2, -0.15) is 13.2 Å². The molecule has 2 aromatic rings. The smallest absolute Gasteiger partial charge is 0.416 e. The number of anilines is 1. The molecule has 3 heterocycles. The minimum absolute atomic E-state index is 0.0134.